The first kappa shape index (κ1) is 7.42. The monoisotopic (exact) mass is 146 g/mol. The van der Waals surface area contributed by atoms with Gasteiger partial charge in [0, 0.05) is 13.1 Å². The van der Waals surface area contributed by atoms with E-state index < -0.39 is 0 Å². The molecule has 1 aromatic rings. The first-order chi connectivity index (χ1) is 5.24. The van der Waals surface area contributed by atoms with Crippen LogP contribution in [-0.4, -0.2) is 10.8 Å². The summed E-state index contributed by atoms with van der Waals surface area (Å²) in [7, 11) is 0. The molecule has 0 radical (unpaired) electrons. The van der Waals surface area contributed by atoms with E-state index in [1.54, 1.807) is 6.07 Å². The van der Waals surface area contributed by atoms with Gasteiger partial charge >= 0.3 is 0 Å². The molecule has 0 unspecified atom stereocenters. The molecule has 1 aromatic heterocycles. The Kier molecular flexibility index (Phi) is 1.98. The number of carbonyl (C=O) groups is 1. The molecule has 1 rings (SSSR count). The van der Waals surface area contributed by atoms with E-state index in [2.05, 4.69) is 4.98 Å². The Bertz CT molecular complexity index is 325. The van der Waals surface area contributed by atoms with Crippen LogP contribution in [0.2, 0.25) is 0 Å². The second-order valence-corrected chi connectivity index (χ2v) is 2.10. The van der Waals surface area contributed by atoms with Gasteiger partial charge in [0.15, 0.2) is 5.78 Å². The third-order valence-corrected chi connectivity index (χ3v) is 1.25. The summed E-state index contributed by atoms with van der Waals surface area (Å²) in [6.07, 6.45) is 1.45. The second-order valence-electron chi connectivity index (χ2n) is 2.10. The number of hydrogen-bond acceptors (Lipinski definition) is 3. The fraction of sp³-hybridized carbons (Fsp3) is 0.125. The highest BCUT2D eigenvalue weighted by atomic mass is 16.1. The smallest absolute Gasteiger partial charge is 0.178 e. The molecule has 0 spiro atoms. The normalized spacial score (nSPS) is 8.73. The summed E-state index contributed by atoms with van der Waals surface area (Å²) < 4.78 is 0. The van der Waals surface area contributed by atoms with Crippen molar-refractivity contribution in [2.75, 3.05) is 0 Å². The molecule has 3 heteroatoms. The Hall–Kier alpha value is -1.69. The van der Waals surface area contributed by atoms with Crippen LogP contribution in [0.15, 0.2) is 18.3 Å². The Morgan fingerprint density at radius 3 is 3.00 bits per heavy atom. The minimum absolute atomic E-state index is 0.123. The van der Waals surface area contributed by atoms with Crippen molar-refractivity contribution in [2.45, 2.75) is 6.92 Å². The lowest BCUT2D eigenvalue weighted by atomic mass is 10.2. The molecule has 0 amide bonds. The van der Waals surface area contributed by atoms with Crippen molar-refractivity contribution in [3.05, 3.63) is 29.6 Å². The van der Waals surface area contributed by atoms with E-state index in [4.69, 9.17) is 5.26 Å². The number of carbonyl (C=O) groups excluding carboxylic acids is 1. The highest BCUT2D eigenvalue weighted by Gasteiger charge is 2.00. The number of Topliss-reactive ketones (excluding diaryl/α,β-unsaturated/α-hetero) is 1. The SMILES string of the molecule is CC(=O)c1cc(C#N)ccn1. The molecule has 11 heavy (non-hydrogen) atoms. The van der Waals surface area contributed by atoms with Gasteiger partial charge in [0.05, 0.1) is 11.6 Å². The number of rotatable bonds is 1. The van der Waals surface area contributed by atoms with Gasteiger partial charge in [-0.2, -0.15) is 5.26 Å². The quantitative estimate of drug-likeness (QED) is 0.558. The van der Waals surface area contributed by atoms with Crippen LogP contribution in [0, 0.1) is 11.3 Å². The fourth-order valence-electron chi connectivity index (χ4n) is 0.693. The van der Waals surface area contributed by atoms with Crippen molar-refractivity contribution in [2.24, 2.45) is 0 Å². The van der Waals surface area contributed by atoms with Gasteiger partial charge in [-0.15, -0.1) is 0 Å². The van der Waals surface area contributed by atoms with Crippen molar-refractivity contribution >= 4 is 5.78 Å². The van der Waals surface area contributed by atoms with Gasteiger partial charge in [-0.1, -0.05) is 0 Å². The van der Waals surface area contributed by atoms with Gasteiger partial charge in [0.1, 0.15) is 5.69 Å². The third-order valence-electron chi connectivity index (χ3n) is 1.25. The van der Waals surface area contributed by atoms with E-state index in [1.807, 2.05) is 6.07 Å². The van der Waals surface area contributed by atoms with Gasteiger partial charge in [-0.3, -0.25) is 9.78 Å². The van der Waals surface area contributed by atoms with E-state index in [9.17, 15) is 4.79 Å². The van der Waals surface area contributed by atoms with Crippen molar-refractivity contribution in [3.8, 4) is 6.07 Å². The fourth-order valence-corrected chi connectivity index (χ4v) is 0.693. The van der Waals surface area contributed by atoms with Crippen molar-refractivity contribution < 1.29 is 4.79 Å². The van der Waals surface area contributed by atoms with Crippen LogP contribution in [0.1, 0.15) is 23.0 Å². The molecule has 0 fully saturated rings. The van der Waals surface area contributed by atoms with Gasteiger partial charge in [0.25, 0.3) is 0 Å². The zero-order chi connectivity index (χ0) is 8.27. The maximum absolute atomic E-state index is 10.7. The van der Waals surface area contributed by atoms with E-state index in [0.29, 0.717) is 11.3 Å². The Morgan fingerprint density at radius 1 is 1.73 bits per heavy atom. The Labute approximate surface area is 64.3 Å². The molecule has 0 aliphatic heterocycles. The lowest BCUT2D eigenvalue weighted by Crippen LogP contribution is -1.95. The molecule has 0 atom stereocenters. The minimum atomic E-state index is -0.123. The summed E-state index contributed by atoms with van der Waals surface area (Å²) in [6, 6.07) is 4.97. The predicted octanol–water partition coefficient (Wildman–Crippen LogP) is 1.16. The van der Waals surface area contributed by atoms with Crippen LogP contribution < -0.4 is 0 Å². The molecule has 0 aliphatic carbocycles. The van der Waals surface area contributed by atoms with Gasteiger partial charge in [-0.25, -0.2) is 0 Å². The number of aromatic nitrogens is 1. The summed E-state index contributed by atoms with van der Waals surface area (Å²) in [5, 5.41) is 8.45. The summed E-state index contributed by atoms with van der Waals surface area (Å²) in [4.78, 5) is 14.5. The molecule has 0 saturated heterocycles. The molecular weight excluding hydrogens is 140 g/mol. The standard InChI is InChI=1S/C8H6N2O/c1-6(11)8-4-7(5-9)2-3-10-8/h2-4H,1H3. The summed E-state index contributed by atoms with van der Waals surface area (Å²) in [6.45, 7) is 1.42. The average Bonchev–Trinajstić information content (AvgIpc) is 2.05. The van der Waals surface area contributed by atoms with Gasteiger partial charge in [0.2, 0.25) is 0 Å². The lowest BCUT2D eigenvalue weighted by Gasteiger charge is -1.92. The summed E-state index contributed by atoms with van der Waals surface area (Å²) >= 11 is 0. The van der Waals surface area contributed by atoms with Crippen LogP contribution >= 0.6 is 0 Å². The van der Waals surface area contributed by atoms with Gasteiger partial charge < -0.3 is 0 Å². The first-order valence-electron chi connectivity index (χ1n) is 3.11. The molecule has 0 saturated carbocycles. The summed E-state index contributed by atoms with van der Waals surface area (Å²) in [5.41, 5.74) is 0.800. The third kappa shape index (κ3) is 1.62. The Balaban J connectivity index is 3.13. The molecule has 3 nitrogen and oxygen atoms in total. The molecule has 0 aliphatic rings. The molecule has 54 valence electrons. The van der Waals surface area contributed by atoms with Crippen molar-refractivity contribution in [3.63, 3.8) is 0 Å². The van der Waals surface area contributed by atoms with Crippen molar-refractivity contribution in [1.29, 1.82) is 5.26 Å². The maximum atomic E-state index is 10.7. The maximum Gasteiger partial charge on any atom is 0.178 e. The highest BCUT2D eigenvalue weighted by molar-refractivity contribution is 5.92. The summed E-state index contributed by atoms with van der Waals surface area (Å²) in [5.74, 6) is -0.123. The average molecular weight is 146 g/mol. The van der Waals surface area contributed by atoms with Crippen LogP contribution in [0.4, 0.5) is 0 Å². The molecule has 0 bridgehead atoms. The van der Waals surface area contributed by atoms with Crippen LogP contribution in [0.3, 0.4) is 0 Å². The minimum Gasteiger partial charge on any atom is -0.293 e. The zero-order valence-corrected chi connectivity index (χ0v) is 6.03. The first-order valence-corrected chi connectivity index (χ1v) is 3.11. The highest BCUT2D eigenvalue weighted by Crippen LogP contribution is 1.99. The largest absolute Gasteiger partial charge is 0.293 e. The molecular formula is C8H6N2O. The number of hydrogen-bond donors (Lipinski definition) is 0. The number of nitrogens with zero attached hydrogens (tertiary/aromatic N) is 2. The van der Waals surface area contributed by atoms with Gasteiger partial charge in [-0.05, 0) is 12.1 Å². The molecule has 0 N–H and O–H groups in total. The van der Waals surface area contributed by atoms with Crippen LogP contribution in [0.5, 0.6) is 0 Å². The van der Waals surface area contributed by atoms with E-state index >= 15 is 0 Å². The number of pyridine rings is 1. The lowest BCUT2D eigenvalue weighted by molar-refractivity contribution is 0.101. The van der Waals surface area contributed by atoms with E-state index in [1.165, 1.54) is 19.2 Å². The topological polar surface area (TPSA) is 53.8 Å². The number of ketones is 1. The molecule has 0 aromatic carbocycles. The zero-order valence-electron chi connectivity index (χ0n) is 6.03. The number of nitriles is 1. The van der Waals surface area contributed by atoms with Crippen LogP contribution in [-0.2, 0) is 0 Å². The van der Waals surface area contributed by atoms with Crippen LogP contribution in [0.25, 0.3) is 0 Å². The van der Waals surface area contributed by atoms with E-state index in [-0.39, 0.29) is 5.78 Å². The predicted molar refractivity (Wildman–Crippen MR) is 39.0 cm³/mol. The molecule has 1 heterocycles. The van der Waals surface area contributed by atoms with Crippen molar-refractivity contribution in [1.82, 2.24) is 4.98 Å². The second kappa shape index (κ2) is 2.93. The van der Waals surface area contributed by atoms with E-state index in [0.717, 1.165) is 0 Å². The Morgan fingerprint density at radius 2 is 2.45 bits per heavy atom.